The second kappa shape index (κ2) is 11.7. The molecule has 9 heteroatoms. The molecule has 0 saturated carbocycles. The lowest BCUT2D eigenvalue weighted by atomic mass is 9.79. The number of amides is 1. The second-order valence-electron chi connectivity index (χ2n) is 10.3. The molecule has 3 aromatic carbocycles. The fraction of sp³-hybridized carbons (Fsp3) is 0.367. The van der Waals surface area contributed by atoms with Crippen LogP contribution in [0, 0.1) is 0 Å². The largest absolute Gasteiger partial charge is 0.497 e. The first-order valence-electron chi connectivity index (χ1n) is 12.7. The molecule has 0 aromatic heterocycles. The van der Waals surface area contributed by atoms with Crippen LogP contribution in [0.15, 0.2) is 84.0 Å². The summed E-state index contributed by atoms with van der Waals surface area (Å²) in [6.07, 6.45) is -1.11. The molecule has 1 saturated heterocycles. The van der Waals surface area contributed by atoms with Crippen LogP contribution in [0.25, 0.3) is 10.4 Å². The Hall–Kier alpha value is -4.20. The van der Waals surface area contributed by atoms with Crippen LogP contribution in [0.3, 0.4) is 0 Å². The van der Waals surface area contributed by atoms with Crippen molar-refractivity contribution in [2.45, 2.75) is 44.1 Å². The van der Waals surface area contributed by atoms with Gasteiger partial charge in [-0.05, 0) is 67.3 Å². The first kappa shape index (κ1) is 27.8. The maximum Gasteiger partial charge on any atom is 0.410 e. The minimum atomic E-state index is -1.11. The Balaban J connectivity index is 1.86. The van der Waals surface area contributed by atoms with E-state index in [-0.39, 0.29) is 13.1 Å². The molecule has 1 heterocycles. The monoisotopic (exact) mass is 530 g/mol. The molecule has 1 amide bonds. The molecule has 0 spiro atoms. The highest BCUT2D eigenvalue weighted by molar-refractivity contribution is 5.68. The van der Waals surface area contributed by atoms with Crippen molar-refractivity contribution in [3.63, 3.8) is 0 Å². The first-order chi connectivity index (χ1) is 18.7. The lowest BCUT2D eigenvalue weighted by Crippen LogP contribution is -2.41. The van der Waals surface area contributed by atoms with E-state index in [4.69, 9.17) is 18.9 Å². The first-order valence-corrected chi connectivity index (χ1v) is 12.7. The van der Waals surface area contributed by atoms with Gasteiger partial charge in [-0.15, -0.1) is 0 Å². The maximum absolute atomic E-state index is 13.0. The number of azide groups is 1. The predicted molar refractivity (Wildman–Crippen MR) is 148 cm³/mol. The minimum Gasteiger partial charge on any atom is -0.497 e. The van der Waals surface area contributed by atoms with Crippen molar-refractivity contribution in [3.05, 3.63) is 106 Å². The smallest absolute Gasteiger partial charge is 0.410 e. The molecule has 204 valence electrons. The van der Waals surface area contributed by atoms with E-state index in [0.717, 1.165) is 16.7 Å². The summed E-state index contributed by atoms with van der Waals surface area (Å²) in [5, 5.41) is 4.02. The van der Waals surface area contributed by atoms with Gasteiger partial charge in [0.05, 0.1) is 32.9 Å². The molecule has 1 aliphatic heterocycles. The number of carbonyl (C=O) groups is 1. The van der Waals surface area contributed by atoms with Crippen molar-refractivity contribution in [2.24, 2.45) is 5.11 Å². The van der Waals surface area contributed by atoms with E-state index >= 15 is 0 Å². The number of benzene rings is 3. The molecule has 0 aliphatic carbocycles. The summed E-state index contributed by atoms with van der Waals surface area (Å²) in [6, 6.07) is 24.6. The van der Waals surface area contributed by atoms with Gasteiger partial charge in [0.15, 0.2) is 0 Å². The van der Waals surface area contributed by atoms with Crippen LogP contribution in [0.1, 0.15) is 37.5 Å². The predicted octanol–water partition coefficient (Wildman–Crippen LogP) is 6.31. The van der Waals surface area contributed by atoms with E-state index in [1.54, 1.807) is 14.2 Å². The standard InChI is InChI=1S/C30H34N4O5/c1-29(2,3)39-28(35)34-19-26(32-33-31)27(20-34)38-30(21-9-7-6-8-10-21,22-11-15-24(36-4)16-12-22)23-13-17-25(37-5)18-14-23/h6-18,26-27H,19-20H2,1-5H3/t26-,27+/m1/s1. The normalized spacial score (nSPS) is 17.3. The molecule has 39 heavy (non-hydrogen) atoms. The van der Waals surface area contributed by atoms with Gasteiger partial charge in [-0.3, -0.25) is 0 Å². The Labute approximate surface area is 228 Å². The summed E-state index contributed by atoms with van der Waals surface area (Å²) in [6.45, 7) is 5.81. The fourth-order valence-corrected chi connectivity index (χ4v) is 4.78. The Bertz CT molecular complexity index is 1250. The molecule has 0 bridgehead atoms. The molecule has 1 aliphatic rings. The van der Waals surface area contributed by atoms with Gasteiger partial charge >= 0.3 is 6.09 Å². The molecule has 2 atom stereocenters. The van der Waals surface area contributed by atoms with Crippen LogP contribution in [0.4, 0.5) is 4.79 Å². The number of hydrogen-bond donors (Lipinski definition) is 0. The molecule has 3 aromatic rings. The van der Waals surface area contributed by atoms with E-state index in [2.05, 4.69) is 10.0 Å². The number of methoxy groups -OCH3 is 2. The van der Waals surface area contributed by atoms with Crippen LogP contribution >= 0.6 is 0 Å². The zero-order valence-electron chi connectivity index (χ0n) is 22.9. The third kappa shape index (κ3) is 6.11. The number of rotatable bonds is 8. The number of likely N-dealkylation sites (tertiary alicyclic amines) is 1. The van der Waals surface area contributed by atoms with E-state index in [1.807, 2.05) is 99.6 Å². The van der Waals surface area contributed by atoms with Gasteiger partial charge in [-0.25, -0.2) is 4.79 Å². The SMILES string of the molecule is COc1ccc(C(O[C@H]2CN(C(=O)OC(C)(C)C)C[C@H]2N=[N+]=[N-])(c2ccccc2)c2ccc(OC)cc2)cc1. The van der Waals surface area contributed by atoms with E-state index < -0.39 is 29.4 Å². The summed E-state index contributed by atoms with van der Waals surface area (Å²) in [5.74, 6) is 1.42. The maximum atomic E-state index is 13.0. The molecule has 0 N–H and O–H groups in total. The van der Waals surface area contributed by atoms with Crippen LogP contribution in [-0.2, 0) is 15.1 Å². The molecular weight excluding hydrogens is 496 g/mol. The summed E-state index contributed by atoms with van der Waals surface area (Å²) < 4.78 is 23.5. The zero-order valence-corrected chi connectivity index (χ0v) is 22.9. The molecule has 0 radical (unpaired) electrons. The van der Waals surface area contributed by atoms with Crippen molar-refractivity contribution in [1.29, 1.82) is 0 Å². The van der Waals surface area contributed by atoms with Gasteiger partial charge in [0.1, 0.15) is 22.7 Å². The summed E-state index contributed by atoms with van der Waals surface area (Å²) in [4.78, 5) is 17.6. The van der Waals surface area contributed by atoms with Crippen LogP contribution < -0.4 is 9.47 Å². The third-order valence-corrected chi connectivity index (χ3v) is 6.59. The highest BCUT2D eigenvalue weighted by Gasteiger charge is 2.46. The Kier molecular flexibility index (Phi) is 8.33. The van der Waals surface area contributed by atoms with Crippen LogP contribution in [0.2, 0.25) is 0 Å². The Morgan fingerprint density at radius 2 is 1.36 bits per heavy atom. The number of ether oxygens (including phenoxy) is 4. The lowest BCUT2D eigenvalue weighted by Gasteiger charge is -2.39. The Morgan fingerprint density at radius 3 is 1.82 bits per heavy atom. The zero-order chi connectivity index (χ0) is 28.0. The van der Waals surface area contributed by atoms with E-state index in [0.29, 0.717) is 11.5 Å². The summed E-state index contributed by atoms with van der Waals surface area (Å²) >= 11 is 0. The van der Waals surface area contributed by atoms with Gasteiger partial charge in [0.25, 0.3) is 0 Å². The minimum absolute atomic E-state index is 0.180. The van der Waals surface area contributed by atoms with E-state index in [1.165, 1.54) is 4.90 Å². The van der Waals surface area contributed by atoms with Gasteiger partial charge in [-0.2, -0.15) is 0 Å². The fourth-order valence-electron chi connectivity index (χ4n) is 4.78. The van der Waals surface area contributed by atoms with Crippen molar-refractivity contribution in [3.8, 4) is 11.5 Å². The molecular formula is C30H34N4O5. The molecule has 1 fully saturated rings. The highest BCUT2D eigenvalue weighted by Crippen LogP contribution is 2.44. The van der Waals surface area contributed by atoms with Crippen molar-refractivity contribution < 1.29 is 23.7 Å². The van der Waals surface area contributed by atoms with Gasteiger partial charge in [0.2, 0.25) is 0 Å². The summed E-state index contributed by atoms with van der Waals surface area (Å²) in [7, 11) is 3.24. The average Bonchev–Trinajstić information content (AvgIpc) is 3.34. The second-order valence-corrected chi connectivity index (χ2v) is 10.3. The summed E-state index contributed by atoms with van der Waals surface area (Å²) in [5.41, 5.74) is 10.1. The van der Waals surface area contributed by atoms with Crippen molar-refractivity contribution in [2.75, 3.05) is 27.3 Å². The Morgan fingerprint density at radius 1 is 0.846 bits per heavy atom. The quantitative estimate of drug-likeness (QED) is 0.147. The molecule has 9 nitrogen and oxygen atoms in total. The van der Waals surface area contributed by atoms with Gasteiger partial charge in [-0.1, -0.05) is 59.7 Å². The lowest BCUT2D eigenvalue weighted by molar-refractivity contribution is -0.0482. The average molecular weight is 531 g/mol. The number of nitrogens with zero attached hydrogens (tertiary/aromatic N) is 4. The van der Waals surface area contributed by atoms with Crippen LogP contribution in [0.5, 0.6) is 11.5 Å². The number of carbonyl (C=O) groups excluding carboxylic acids is 1. The van der Waals surface area contributed by atoms with Gasteiger partial charge < -0.3 is 23.8 Å². The van der Waals surface area contributed by atoms with Crippen molar-refractivity contribution in [1.82, 2.24) is 4.90 Å². The topological polar surface area (TPSA) is 106 Å². The highest BCUT2D eigenvalue weighted by atomic mass is 16.6. The third-order valence-electron chi connectivity index (χ3n) is 6.59. The van der Waals surface area contributed by atoms with Crippen molar-refractivity contribution >= 4 is 6.09 Å². The molecule has 0 unspecified atom stereocenters. The molecule has 4 rings (SSSR count). The van der Waals surface area contributed by atoms with Gasteiger partial charge in [0, 0.05) is 11.5 Å². The number of hydrogen-bond acceptors (Lipinski definition) is 6. The van der Waals surface area contributed by atoms with E-state index in [9.17, 15) is 10.3 Å². The van der Waals surface area contributed by atoms with Crippen LogP contribution in [-0.4, -0.2) is 56.0 Å².